The molecule has 0 aliphatic carbocycles. The van der Waals surface area contributed by atoms with E-state index in [0.717, 1.165) is 10.4 Å². The van der Waals surface area contributed by atoms with Gasteiger partial charge in [0.15, 0.2) is 0 Å². The van der Waals surface area contributed by atoms with Crippen LogP contribution in [0.25, 0.3) is 0 Å². The summed E-state index contributed by atoms with van der Waals surface area (Å²) in [7, 11) is -3.97. The minimum atomic E-state index is -3.97. The lowest BCUT2D eigenvalue weighted by atomic mass is 10.1. The Balaban J connectivity index is 2.27. The van der Waals surface area contributed by atoms with Crippen molar-refractivity contribution in [3.63, 3.8) is 0 Å². The minimum absolute atomic E-state index is 0.126. The average molecular weight is 326 g/mol. The van der Waals surface area contributed by atoms with E-state index in [2.05, 4.69) is 0 Å². The van der Waals surface area contributed by atoms with E-state index in [4.69, 9.17) is 10.8 Å². The third-order valence-electron chi connectivity index (χ3n) is 3.02. The number of aromatic carboxylic acids is 1. The second kappa shape index (κ2) is 4.93. The summed E-state index contributed by atoms with van der Waals surface area (Å²) in [6.07, 6.45) is -1.09. The number of nitrogen functional groups attached to an aromatic ring is 1. The normalized spacial score (nSPS) is 19.9. The predicted molar refractivity (Wildman–Crippen MR) is 68.6 cm³/mol. The number of rotatable bonds is 3. The minimum Gasteiger partial charge on any atom is -0.478 e. The molecule has 20 heavy (non-hydrogen) atoms. The Labute approximate surface area is 117 Å². The second-order valence-electron chi connectivity index (χ2n) is 4.41. The molecule has 1 saturated heterocycles. The van der Waals surface area contributed by atoms with Crippen LogP contribution in [0.2, 0.25) is 0 Å². The van der Waals surface area contributed by atoms with E-state index in [1.807, 2.05) is 0 Å². The van der Waals surface area contributed by atoms with Crippen molar-refractivity contribution in [3.8, 4) is 0 Å². The number of carbonyl (C=O) groups is 1. The molecule has 1 aromatic rings. The van der Waals surface area contributed by atoms with Gasteiger partial charge in [-0.3, -0.25) is 0 Å². The Kier molecular flexibility index (Phi) is 3.73. The largest absolute Gasteiger partial charge is 0.478 e. The van der Waals surface area contributed by atoms with E-state index in [0.29, 0.717) is 11.3 Å². The van der Waals surface area contributed by atoms with E-state index >= 15 is 0 Å². The molecular weight excluding hydrogens is 314 g/mol. The monoisotopic (exact) mass is 326 g/mol. The molecule has 1 aliphatic rings. The zero-order chi connectivity index (χ0) is 15.1. The Hall–Kier alpha value is -1.26. The van der Waals surface area contributed by atoms with Gasteiger partial charge in [-0.1, -0.05) is 0 Å². The lowest BCUT2D eigenvalue weighted by Crippen LogP contribution is -2.42. The Morgan fingerprint density at radius 3 is 2.40 bits per heavy atom. The van der Waals surface area contributed by atoms with Crippen molar-refractivity contribution >= 4 is 32.3 Å². The highest BCUT2D eigenvalue weighted by Gasteiger charge is 2.39. The van der Waals surface area contributed by atoms with Crippen LogP contribution in [-0.2, 0) is 10.0 Å². The molecular formula is C10H12F2N2O4S2. The van der Waals surface area contributed by atoms with Crippen molar-refractivity contribution in [1.82, 2.24) is 4.31 Å². The van der Waals surface area contributed by atoms with Crippen molar-refractivity contribution in [2.75, 3.05) is 18.8 Å². The quantitative estimate of drug-likeness (QED) is 0.875. The molecule has 2 rings (SSSR count). The van der Waals surface area contributed by atoms with Crippen LogP contribution < -0.4 is 5.73 Å². The van der Waals surface area contributed by atoms with Crippen LogP contribution >= 0.6 is 11.3 Å². The Bertz CT molecular complexity index is 632. The van der Waals surface area contributed by atoms with E-state index in [-0.39, 0.29) is 27.9 Å². The molecule has 112 valence electrons. The molecule has 0 atom stereocenters. The van der Waals surface area contributed by atoms with Gasteiger partial charge in [0.2, 0.25) is 0 Å². The van der Waals surface area contributed by atoms with Crippen molar-refractivity contribution in [2.45, 2.75) is 23.0 Å². The van der Waals surface area contributed by atoms with Gasteiger partial charge in [0.05, 0.1) is 5.56 Å². The Morgan fingerprint density at radius 1 is 1.40 bits per heavy atom. The summed E-state index contributed by atoms with van der Waals surface area (Å²) in [5.41, 5.74) is 5.15. The molecule has 1 aliphatic heterocycles. The predicted octanol–water partition coefficient (Wildman–Crippen LogP) is 1.45. The number of sulfonamides is 1. The molecule has 0 aromatic carbocycles. The molecule has 10 heteroatoms. The van der Waals surface area contributed by atoms with Gasteiger partial charge in [-0.05, 0) is 6.07 Å². The lowest BCUT2D eigenvalue weighted by Gasteiger charge is -2.30. The van der Waals surface area contributed by atoms with Crippen molar-refractivity contribution in [3.05, 3.63) is 11.6 Å². The highest BCUT2D eigenvalue weighted by atomic mass is 32.2. The number of anilines is 1. The van der Waals surface area contributed by atoms with E-state index < -0.39 is 34.8 Å². The highest BCUT2D eigenvalue weighted by molar-refractivity contribution is 7.91. The van der Waals surface area contributed by atoms with Crippen LogP contribution in [-0.4, -0.2) is 42.8 Å². The maximum absolute atomic E-state index is 13.0. The molecule has 1 fully saturated rings. The van der Waals surface area contributed by atoms with Gasteiger partial charge in [0, 0.05) is 25.9 Å². The average Bonchev–Trinajstić information content (AvgIpc) is 2.71. The van der Waals surface area contributed by atoms with Gasteiger partial charge in [-0.15, -0.1) is 11.3 Å². The fourth-order valence-electron chi connectivity index (χ4n) is 1.86. The first kappa shape index (κ1) is 15.1. The molecule has 2 heterocycles. The molecule has 3 N–H and O–H groups in total. The first-order valence-corrected chi connectivity index (χ1v) is 7.90. The third-order valence-corrected chi connectivity index (χ3v) is 6.33. The SMILES string of the molecule is Nc1sc(S(=O)(=O)N2CCC(F)(F)CC2)cc1C(=O)O. The second-order valence-corrected chi connectivity index (χ2v) is 7.66. The highest BCUT2D eigenvalue weighted by Crippen LogP contribution is 2.34. The Morgan fingerprint density at radius 2 is 1.95 bits per heavy atom. The third kappa shape index (κ3) is 2.76. The van der Waals surface area contributed by atoms with Crippen LogP contribution in [0.15, 0.2) is 10.3 Å². The lowest BCUT2D eigenvalue weighted by molar-refractivity contribution is -0.0411. The molecule has 6 nitrogen and oxygen atoms in total. The van der Waals surface area contributed by atoms with Crippen LogP contribution in [0, 0.1) is 0 Å². The van der Waals surface area contributed by atoms with Gasteiger partial charge in [0.25, 0.3) is 15.9 Å². The first-order valence-electron chi connectivity index (χ1n) is 5.64. The summed E-state index contributed by atoms with van der Waals surface area (Å²) in [4.78, 5) is 10.8. The number of hydrogen-bond acceptors (Lipinski definition) is 5. The van der Waals surface area contributed by atoms with Gasteiger partial charge >= 0.3 is 5.97 Å². The summed E-state index contributed by atoms with van der Waals surface area (Å²) in [6.45, 7) is -0.592. The molecule has 0 spiro atoms. The molecule has 1 aromatic heterocycles. The van der Waals surface area contributed by atoms with Crippen molar-refractivity contribution in [1.29, 1.82) is 0 Å². The molecule has 0 radical (unpaired) electrons. The number of carboxylic acids is 1. The number of nitrogens with two attached hydrogens (primary N) is 1. The van der Waals surface area contributed by atoms with Crippen LogP contribution in [0.5, 0.6) is 0 Å². The molecule has 0 unspecified atom stereocenters. The first-order chi connectivity index (χ1) is 9.13. The fourth-order valence-corrected chi connectivity index (χ4v) is 4.70. The number of thiophene rings is 1. The van der Waals surface area contributed by atoms with Crippen molar-refractivity contribution < 1.29 is 27.1 Å². The number of hydrogen-bond donors (Lipinski definition) is 2. The van der Waals surface area contributed by atoms with Crippen molar-refractivity contribution in [2.24, 2.45) is 0 Å². The summed E-state index contributed by atoms with van der Waals surface area (Å²) in [6, 6.07) is 0.963. The maximum Gasteiger partial charge on any atom is 0.338 e. The van der Waals surface area contributed by atoms with E-state index in [1.54, 1.807) is 0 Å². The van der Waals surface area contributed by atoms with Gasteiger partial charge in [-0.25, -0.2) is 22.0 Å². The van der Waals surface area contributed by atoms with Crippen LogP contribution in [0.4, 0.5) is 13.8 Å². The summed E-state index contributed by atoms with van der Waals surface area (Å²) < 4.78 is 51.2. The fraction of sp³-hybridized carbons (Fsp3) is 0.500. The summed E-state index contributed by atoms with van der Waals surface area (Å²) in [5, 5.41) is 8.72. The number of halogens is 2. The number of carboxylic acid groups (broad SMARTS) is 1. The molecule has 0 bridgehead atoms. The molecule has 0 saturated carbocycles. The summed E-state index contributed by atoms with van der Waals surface area (Å²) >= 11 is 0.623. The molecule has 0 amide bonds. The number of piperidine rings is 1. The topological polar surface area (TPSA) is 101 Å². The van der Waals surface area contributed by atoms with Crippen LogP contribution in [0.1, 0.15) is 23.2 Å². The standard InChI is InChI=1S/C10H12F2N2O4S2/c11-10(12)1-3-14(4-2-10)20(17,18)7-5-6(9(15)16)8(13)19-7/h5H,1-4,13H2,(H,15,16). The van der Waals surface area contributed by atoms with Gasteiger partial charge in [-0.2, -0.15) is 4.31 Å². The van der Waals surface area contributed by atoms with E-state index in [1.165, 1.54) is 0 Å². The van der Waals surface area contributed by atoms with Gasteiger partial charge in [0.1, 0.15) is 9.21 Å². The van der Waals surface area contributed by atoms with E-state index in [9.17, 15) is 22.0 Å². The zero-order valence-corrected chi connectivity index (χ0v) is 11.8. The summed E-state index contributed by atoms with van der Waals surface area (Å²) in [5.74, 6) is -4.18. The van der Waals surface area contributed by atoms with Gasteiger partial charge < -0.3 is 10.8 Å². The van der Waals surface area contributed by atoms with Crippen LogP contribution in [0.3, 0.4) is 0 Å². The maximum atomic E-state index is 13.0. The number of nitrogens with zero attached hydrogens (tertiary/aromatic N) is 1. The smallest absolute Gasteiger partial charge is 0.338 e. The zero-order valence-electron chi connectivity index (χ0n) is 10.2. The number of alkyl halides is 2.